The summed E-state index contributed by atoms with van der Waals surface area (Å²) >= 11 is 0. The predicted molar refractivity (Wildman–Crippen MR) is 66.0 cm³/mol. The van der Waals surface area contributed by atoms with Gasteiger partial charge in [0.15, 0.2) is 0 Å². The van der Waals surface area contributed by atoms with Gasteiger partial charge >= 0.3 is 0 Å². The maximum atomic E-state index is 11.9. The Hall–Kier alpha value is -2.00. The Balaban J connectivity index is 2.11. The van der Waals surface area contributed by atoms with E-state index >= 15 is 0 Å². The van der Waals surface area contributed by atoms with Crippen LogP contribution in [-0.4, -0.2) is 29.2 Å². The highest BCUT2D eigenvalue weighted by molar-refractivity contribution is 5.77. The molecule has 0 saturated carbocycles. The molecule has 0 aliphatic carbocycles. The summed E-state index contributed by atoms with van der Waals surface area (Å²) in [6.45, 7) is -0.352. The number of fused-ring (bicyclic) bond motifs is 1. The summed E-state index contributed by atoms with van der Waals surface area (Å²) in [6, 6.07) is 7.31. The molecule has 0 radical (unpaired) electrons. The molecule has 0 aliphatic rings. The zero-order valence-corrected chi connectivity index (χ0v) is 10.4. The molecule has 0 aliphatic heterocycles. The highest BCUT2D eigenvalue weighted by Gasteiger charge is 2.09. The van der Waals surface area contributed by atoms with Gasteiger partial charge < -0.3 is 9.30 Å². The van der Waals surface area contributed by atoms with Crippen LogP contribution >= 0.6 is 0 Å². The minimum atomic E-state index is -2.45. The van der Waals surface area contributed by atoms with Gasteiger partial charge in [0.1, 0.15) is 12.4 Å². The molecule has 1 aromatic carbocycles. The van der Waals surface area contributed by atoms with Crippen molar-refractivity contribution in [1.29, 1.82) is 5.26 Å². The third-order valence-electron chi connectivity index (χ3n) is 2.82. The van der Waals surface area contributed by atoms with Crippen LogP contribution in [0.15, 0.2) is 18.2 Å². The Morgan fingerprint density at radius 1 is 1.47 bits per heavy atom. The molecule has 6 heteroatoms. The van der Waals surface area contributed by atoms with Crippen LogP contribution in [0.4, 0.5) is 8.78 Å². The first-order valence-corrected chi connectivity index (χ1v) is 5.83. The lowest BCUT2D eigenvalue weighted by atomic mass is 10.2. The minimum absolute atomic E-state index is 0.201. The van der Waals surface area contributed by atoms with Crippen LogP contribution in [0.2, 0.25) is 0 Å². The van der Waals surface area contributed by atoms with E-state index in [-0.39, 0.29) is 6.61 Å². The molecule has 0 fully saturated rings. The standard InChI is InChI=1S/C13H13F2N3O/c1-18-11-3-2-9(7-16)6-10(11)17-13(18)4-5-19-8-12(14)15/h2-3,6,12H,4-5,8H2,1H3. The fourth-order valence-corrected chi connectivity index (χ4v) is 1.88. The quantitative estimate of drug-likeness (QED) is 0.779. The first-order valence-electron chi connectivity index (χ1n) is 5.83. The van der Waals surface area contributed by atoms with E-state index in [1.165, 1.54) is 0 Å². The number of ether oxygens (including phenoxy) is 1. The lowest BCUT2D eigenvalue weighted by molar-refractivity contribution is 0.0182. The van der Waals surface area contributed by atoms with E-state index in [4.69, 9.17) is 10.00 Å². The van der Waals surface area contributed by atoms with Crippen molar-refractivity contribution in [3.05, 3.63) is 29.6 Å². The van der Waals surface area contributed by atoms with Crippen LogP contribution in [0.3, 0.4) is 0 Å². The van der Waals surface area contributed by atoms with Crippen LogP contribution in [0, 0.1) is 11.3 Å². The number of hydrogen-bond acceptors (Lipinski definition) is 3. The van der Waals surface area contributed by atoms with E-state index in [0.717, 1.165) is 16.9 Å². The number of hydrogen-bond donors (Lipinski definition) is 0. The van der Waals surface area contributed by atoms with Gasteiger partial charge in [0.2, 0.25) is 0 Å². The number of benzene rings is 1. The fraction of sp³-hybridized carbons (Fsp3) is 0.385. The average molecular weight is 265 g/mol. The normalized spacial score (nSPS) is 11.1. The molecule has 0 bridgehead atoms. The van der Waals surface area contributed by atoms with E-state index in [1.807, 2.05) is 17.7 Å². The van der Waals surface area contributed by atoms with Crippen molar-refractivity contribution < 1.29 is 13.5 Å². The van der Waals surface area contributed by atoms with Gasteiger partial charge in [-0.15, -0.1) is 0 Å². The molecule has 2 rings (SSSR count). The molecule has 2 aromatic rings. The number of aromatic nitrogens is 2. The Kier molecular flexibility index (Phi) is 4.07. The molecule has 19 heavy (non-hydrogen) atoms. The number of rotatable bonds is 5. The summed E-state index contributed by atoms with van der Waals surface area (Å²) in [4.78, 5) is 4.38. The molecule has 0 N–H and O–H groups in total. The van der Waals surface area contributed by atoms with Gasteiger partial charge in [-0.3, -0.25) is 0 Å². The molecule has 0 saturated heterocycles. The van der Waals surface area contributed by atoms with Crippen molar-refractivity contribution in [1.82, 2.24) is 9.55 Å². The molecular weight excluding hydrogens is 252 g/mol. The molecule has 4 nitrogen and oxygen atoms in total. The van der Waals surface area contributed by atoms with Gasteiger partial charge in [0.05, 0.1) is 29.3 Å². The van der Waals surface area contributed by atoms with E-state index in [0.29, 0.717) is 12.0 Å². The summed E-state index contributed by atoms with van der Waals surface area (Å²) < 4.78 is 30.5. The predicted octanol–water partition coefficient (Wildman–Crippen LogP) is 2.27. The zero-order valence-electron chi connectivity index (χ0n) is 10.4. The Morgan fingerprint density at radius 3 is 2.95 bits per heavy atom. The van der Waals surface area contributed by atoms with Crippen molar-refractivity contribution in [3.63, 3.8) is 0 Å². The molecular formula is C13H13F2N3O. The Bertz CT molecular complexity index is 616. The molecule has 100 valence electrons. The van der Waals surface area contributed by atoms with E-state index in [1.54, 1.807) is 12.1 Å². The number of aryl methyl sites for hydroxylation is 1. The maximum absolute atomic E-state index is 11.9. The average Bonchev–Trinajstić information content (AvgIpc) is 2.71. The Labute approximate surface area is 109 Å². The molecule has 0 atom stereocenters. The van der Waals surface area contributed by atoms with Gasteiger partial charge in [0, 0.05) is 13.5 Å². The Morgan fingerprint density at radius 2 is 2.26 bits per heavy atom. The third kappa shape index (κ3) is 3.06. The van der Waals surface area contributed by atoms with E-state index in [9.17, 15) is 8.78 Å². The first kappa shape index (κ1) is 13.4. The highest BCUT2D eigenvalue weighted by atomic mass is 19.3. The summed E-state index contributed by atoms with van der Waals surface area (Å²) in [5, 5.41) is 8.82. The summed E-state index contributed by atoms with van der Waals surface area (Å²) in [7, 11) is 1.85. The second-order valence-corrected chi connectivity index (χ2v) is 4.12. The van der Waals surface area contributed by atoms with Gasteiger partial charge in [-0.2, -0.15) is 5.26 Å². The van der Waals surface area contributed by atoms with Gasteiger partial charge in [0.25, 0.3) is 6.43 Å². The first-order chi connectivity index (χ1) is 9.11. The van der Waals surface area contributed by atoms with E-state index < -0.39 is 13.0 Å². The molecule has 0 spiro atoms. The van der Waals surface area contributed by atoms with Crippen LogP contribution in [-0.2, 0) is 18.2 Å². The van der Waals surface area contributed by atoms with Crippen molar-refractivity contribution in [2.45, 2.75) is 12.8 Å². The minimum Gasteiger partial charge on any atom is -0.375 e. The van der Waals surface area contributed by atoms with Gasteiger partial charge in [-0.05, 0) is 18.2 Å². The number of alkyl halides is 2. The number of nitriles is 1. The van der Waals surface area contributed by atoms with Crippen LogP contribution in [0.5, 0.6) is 0 Å². The van der Waals surface area contributed by atoms with Crippen LogP contribution in [0.1, 0.15) is 11.4 Å². The second kappa shape index (κ2) is 5.76. The maximum Gasteiger partial charge on any atom is 0.261 e. The zero-order chi connectivity index (χ0) is 13.8. The molecule has 1 aromatic heterocycles. The smallest absolute Gasteiger partial charge is 0.261 e. The molecule has 1 heterocycles. The monoisotopic (exact) mass is 265 g/mol. The van der Waals surface area contributed by atoms with Crippen LogP contribution in [0.25, 0.3) is 11.0 Å². The van der Waals surface area contributed by atoms with Crippen LogP contribution < -0.4 is 0 Å². The van der Waals surface area contributed by atoms with E-state index in [2.05, 4.69) is 11.1 Å². The summed E-state index contributed by atoms with van der Waals surface area (Å²) in [5.74, 6) is 0.749. The number of imidazole rings is 1. The van der Waals surface area contributed by atoms with Crippen molar-refractivity contribution in [2.24, 2.45) is 7.05 Å². The third-order valence-corrected chi connectivity index (χ3v) is 2.82. The fourth-order valence-electron chi connectivity index (χ4n) is 1.88. The van der Waals surface area contributed by atoms with Gasteiger partial charge in [-0.1, -0.05) is 0 Å². The van der Waals surface area contributed by atoms with Gasteiger partial charge in [-0.25, -0.2) is 13.8 Å². The second-order valence-electron chi connectivity index (χ2n) is 4.12. The van der Waals surface area contributed by atoms with Crippen molar-refractivity contribution in [2.75, 3.05) is 13.2 Å². The topological polar surface area (TPSA) is 50.8 Å². The largest absolute Gasteiger partial charge is 0.375 e. The molecule has 0 unspecified atom stereocenters. The molecule has 0 amide bonds. The summed E-state index contributed by atoms with van der Waals surface area (Å²) in [5.41, 5.74) is 2.18. The van der Waals surface area contributed by atoms with Crippen molar-refractivity contribution >= 4 is 11.0 Å². The SMILES string of the molecule is Cn1c(CCOCC(F)F)nc2cc(C#N)ccc21. The number of halogens is 2. The van der Waals surface area contributed by atoms with Crippen molar-refractivity contribution in [3.8, 4) is 6.07 Å². The lowest BCUT2D eigenvalue weighted by Gasteiger charge is -2.04. The summed E-state index contributed by atoms with van der Waals surface area (Å²) in [6.07, 6.45) is -1.99. The number of nitrogens with zero attached hydrogens (tertiary/aromatic N) is 3. The lowest BCUT2D eigenvalue weighted by Crippen LogP contribution is -2.09. The highest BCUT2D eigenvalue weighted by Crippen LogP contribution is 2.16.